The number of nitrogens with zero attached hydrogens (tertiary/aromatic N) is 2. The predicted molar refractivity (Wildman–Crippen MR) is 59.7 cm³/mol. The Hall–Kier alpha value is -1.19. The van der Waals surface area contributed by atoms with Gasteiger partial charge in [-0.3, -0.25) is 4.79 Å². The Morgan fingerprint density at radius 2 is 1.93 bits per heavy atom. The summed E-state index contributed by atoms with van der Waals surface area (Å²) < 4.78 is 0. The van der Waals surface area contributed by atoms with Gasteiger partial charge in [0.15, 0.2) is 0 Å². The lowest BCUT2D eigenvalue weighted by atomic mass is 10.1. The molecule has 1 N–H and O–H groups in total. The van der Waals surface area contributed by atoms with Gasteiger partial charge in [0.1, 0.15) is 0 Å². The van der Waals surface area contributed by atoms with Gasteiger partial charge in [0.2, 0.25) is 0 Å². The zero-order valence-corrected chi connectivity index (χ0v) is 9.33. The van der Waals surface area contributed by atoms with E-state index < -0.39 is 0 Å². The van der Waals surface area contributed by atoms with Crippen LogP contribution in [0.1, 0.15) is 51.0 Å². The van der Waals surface area contributed by atoms with Crippen LogP contribution in [0.2, 0.25) is 0 Å². The molecule has 0 spiro atoms. The van der Waals surface area contributed by atoms with Gasteiger partial charge in [-0.15, -0.1) is 5.10 Å². The van der Waals surface area contributed by atoms with Crippen LogP contribution >= 0.6 is 0 Å². The van der Waals surface area contributed by atoms with Crippen LogP contribution in [0.4, 0.5) is 0 Å². The first-order valence-corrected chi connectivity index (χ1v) is 5.74. The molecule has 0 saturated carbocycles. The zero-order chi connectivity index (χ0) is 10.9. The maximum Gasteiger partial charge on any atom is 0.270 e. The van der Waals surface area contributed by atoms with Crippen molar-refractivity contribution in [1.29, 1.82) is 0 Å². The summed E-state index contributed by atoms with van der Waals surface area (Å²) in [5, 5.41) is 9.44. The number of unbranched alkanes of at least 4 members (excludes halogenated alkanes) is 5. The van der Waals surface area contributed by atoms with Crippen molar-refractivity contribution in [1.82, 2.24) is 15.4 Å². The van der Waals surface area contributed by atoms with Crippen LogP contribution in [0.5, 0.6) is 0 Å². The molecule has 0 bridgehead atoms. The van der Waals surface area contributed by atoms with Crippen molar-refractivity contribution in [2.24, 2.45) is 0 Å². The Morgan fingerprint density at radius 3 is 2.67 bits per heavy atom. The number of hydrogen-bond donors (Lipinski definition) is 1. The molecule has 15 heavy (non-hydrogen) atoms. The summed E-state index contributed by atoms with van der Waals surface area (Å²) >= 11 is 0. The molecule has 0 radical (unpaired) electrons. The van der Waals surface area contributed by atoms with Crippen LogP contribution in [-0.2, 0) is 6.42 Å². The van der Waals surface area contributed by atoms with E-state index in [1.54, 1.807) is 6.20 Å². The van der Waals surface area contributed by atoms with Crippen molar-refractivity contribution < 1.29 is 0 Å². The normalized spacial score (nSPS) is 10.5. The minimum absolute atomic E-state index is 0.0986. The molecule has 0 saturated heterocycles. The van der Waals surface area contributed by atoms with Crippen molar-refractivity contribution in [2.75, 3.05) is 0 Å². The van der Waals surface area contributed by atoms with Gasteiger partial charge in [0, 0.05) is 5.56 Å². The number of hydrogen-bond acceptors (Lipinski definition) is 3. The third-order valence-corrected chi connectivity index (χ3v) is 2.51. The first-order valence-electron chi connectivity index (χ1n) is 5.74. The van der Waals surface area contributed by atoms with E-state index in [2.05, 4.69) is 22.3 Å². The summed E-state index contributed by atoms with van der Waals surface area (Å²) in [6.07, 6.45) is 9.80. The van der Waals surface area contributed by atoms with Gasteiger partial charge < -0.3 is 0 Å². The highest BCUT2D eigenvalue weighted by Gasteiger charge is 1.98. The minimum atomic E-state index is -0.0986. The molecule has 1 aromatic heterocycles. The number of H-pyrrole nitrogens is 1. The zero-order valence-electron chi connectivity index (χ0n) is 9.33. The first kappa shape index (κ1) is 11.9. The van der Waals surface area contributed by atoms with Gasteiger partial charge in [-0.05, 0) is 12.8 Å². The molecule has 0 amide bonds. The Kier molecular flexibility index (Phi) is 5.66. The molecule has 1 rings (SSSR count). The Bertz CT molecular complexity index is 322. The second-order valence-corrected chi connectivity index (χ2v) is 3.83. The number of aromatic amines is 1. The average molecular weight is 209 g/mol. The maximum absolute atomic E-state index is 11.2. The molecule has 1 heterocycles. The Labute approximate surface area is 90.1 Å². The third kappa shape index (κ3) is 4.72. The van der Waals surface area contributed by atoms with Crippen molar-refractivity contribution in [2.45, 2.75) is 51.9 Å². The molecule has 0 aromatic carbocycles. The second kappa shape index (κ2) is 7.15. The highest BCUT2D eigenvalue weighted by Crippen LogP contribution is 2.06. The van der Waals surface area contributed by atoms with Gasteiger partial charge in [0.05, 0.1) is 6.20 Å². The van der Waals surface area contributed by atoms with E-state index in [0.717, 1.165) is 18.4 Å². The van der Waals surface area contributed by atoms with E-state index in [1.807, 2.05) is 0 Å². The molecule has 0 aliphatic carbocycles. The van der Waals surface area contributed by atoms with Crippen LogP contribution < -0.4 is 5.56 Å². The topological polar surface area (TPSA) is 58.6 Å². The number of nitrogens with one attached hydrogen (secondary N) is 1. The Morgan fingerprint density at radius 1 is 1.20 bits per heavy atom. The summed E-state index contributed by atoms with van der Waals surface area (Å²) in [6.45, 7) is 2.21. The van der Waals surface area contributed by atoms with Gasteiger partial charge in [-0.25, -0.2) is 5.10 Å². The standard InChI is InChI=1S/C11H19N3O/c1-2-3-4-5-6-7-8-10-9-12-14-13-11(10)15/h9H,2-8H2,1H3,(H,12,13,15). The van der Waals surface area contributed by atoms with Crippen molar-refractivity contribution in [3.63, 3.8) is 0 Å². The van der Waals surface area contributed by atoms with E-state index in [9.17, 15) is 4.79 Å². The lowest BCUT2D eigenvalue weighted by Crippen LogP contribution is -2.14. The molecule has 84 valence electrons. The lowest BCUT2D eigenvalue weighted by molar-refractivity contribution is 0.604. The third-order valence-electron chi connectivity index (χ3n) is 2.51. The number of rotatable bonds is 7. The van der Waals surface area contributed by atoms with Crippen LogP contribution in [0, 0.1) is 0 Å². The second-order valence-electron chi connectivity index (χ2n) is 3.83. The minimum Gasteiger partial charge on any atom is -0.268 e. The first-order chi connectivity index (χ1) is 7.34. The quantitative estimate of drug-likeness (QED) is 0.699. The highest BCUT2D eigenvalue weighted by molar-refractivity contribution is 5.01. The number of aryl methyl sites for hydroxylation is 1. The molecular formula is C11H19N3O. The van der Waals surface area contributed by atoms with Crippen LogP contribution in [0.25, 0.3) is 0 Å². The van der Waals surface area contributed by atoms with Crippen LogP contribution in [-0.4, -0.2) is 15.4 Å². The molecule has 0 aliphatic heterocycles. The molecule has 0 atom stereocenters. The fourth-order valence-electron chi connectivity index (χ4n) is 1.58. The van der Waals surface area contributed by atoms with Crippen molar-refractivity contribution >= 4 is 0 Å². The molecule has 4 nitrogen and oxygen atoms in total. The van der Waals surface area contributed by atoms with E-state index in [0.29, 0.717) is 0 Å². The van der Waals surface area contributed by atoms with E-state index in [4.69, 9.17) is 0 Å². The monoisotopic (exact) mass is 209 g/mol. The van der Waals surface area contributed by atoms with Gasteiger partial charge in [-0.2, -0.15) is 0 Å². The van der Waals surface area contributed by atoms with E-state index >= 15 is 0 Å². The van der Waals surface area contributed by atoms with Crippen molar-refractivity contribution in [3.8, 4) is 0 Å². The smallest absolute Gasteiger partial charge is 0.268 e. The molecule has 0 fully saturated rings. The fraction of sp³-hybridized carbons (Fsp3) is 0.727. The van der Waals surface area contributed by atoms with Gasteiger partial charge >= 0.3 is 0 Å². The summed E-state index contributed by atoms with van der Waals surface area (Å²) in [5.41, 5.74) is 0.652. The highest BCUT2D eigenvalue weighted by atomic mass is 16.1. The summed E-state index contributed by atoms with van der Waals surface area (Å²) in [6, 6.07) is 0. The van der Waals surface area contributed by atoms with Gasteiger partial charge in [-0.1, -0.05) is 44.2 Å². The van der Waals surface area contributed by atoms with Gasteiger partial charge in [0.25, 0.3) is 5.56 Å². The largest absolute Gasteiger partial charge is 0.270 e. The summed E-state index contributed by atoms with van der Waals surface area (Å²) in [7, 11) is 0. The molecular weight excluding hydrogens is 190 g/mol. The van der Waals surface area contributed by atoms with Crippen LogP contribution in [0.3, 0.4) is 0 Å². The maximum atomic E-state index is 11.2. The average Bonchev–Trinajstić information content (AvgIpc) is 2.25. The molecule has 0 aliphatic rings. The lowest BCUT2D eigenvalue weighted by Gasteiger charge is -1.99. The van der Waals surface area contributed by atoms with Crippen LogP contribution in [0.15, 0.2) is 11.0 Å². The molecule has 0 unspecified atom stereocenters. The predicted octanol–water partition coefficient (Wildman–Crippen LogP) is 2.07. The van der Waals surface area contributed by atoms with E-state index in [-0.39, 0.29) is 5.56 Å². The SMILES string of the molecule is CCCCCCCCc1cnn[nH]c1=O. The summed E-state index contributed by atoms with van der Waals surface area (Å²) in [5.74, 6) is 0. The Balaban J connectivity index is 2.15. The summed E-state index contributed by atoms with van der Waals surface area (Å²) in [4.78, 5) is 11.2. The molecule has 1 aromatic rings. The van der Waals surface area contributed by atoms with Crippen molar-refractivity contribution in [3.05, 3.63) is 22.1 Å². The molecule has 4 heteroatoms. The van der Waals surface area contributed by atoms with E-state index in [1.165, 1.54) is 32.1 Å². The number of aromatic nitrogens is 3. The fourth-order valence-corrected chi connectivity index (χ4v) is 1.58.